The first-order valence-corrected chi connectivity index (χ1v) is 12.5. The number of piperidine rings is 2. The van der Waals surface area contributed by atoms with Gasteiger partial charge >= 0.3 is 6.09 Å². The van der Waals surface area contributed by atoms with Crippen molar-refractivity contribution in [3.05, 3.63) is 29.3 Å². The Morgan fingerprint density at radius 1 is 1.06 bits per heavy atom. The van der Waals surface area contributed by atoms with Crippen LogP contribution >= 0.6 is 0 Å². The molecule has 2 amide bonds. The highest BCUT2D eigenvalue weighted by molar-refractivity contribution is 7.89. The Kier molecular flexibility index (Phi) is 7.59. The van der Waals surface area contributed by atoms with Crippen LogP contribution in [0.3, 0.4) is 0 Å². The molecule has 31 heavy (non-hydrogen) atoms. The van der Waals surface area contributed by atoms with Crippen molar-refractivity contribution >= 4 is 22.0 Å². The highest BCUT2D eigenvalue weighted by Gasteiger charge is 2.34. The van der Waals surface area contributed by atoms with E-state index in [1.807, 2.05) is 26.0 Å². The number of amides is 2. The quantitative estimate of drug-likeness (QED) is 0.742. The Labute approximate surface area is 185 Å². The van der Waals surface area contributed by atoms with E-state index in [2.05, 4.69) is 5.32 Å². The van der Waals surface area contributed by atoms with Gasteiger partial charge in [-0.2, -0.15) is 4.31 Å². The second-order valence-corrected chi connectivity index (χ2v) is 10.3. The summed E-state index contributed by atoms with van der Waals surface area (Å²) >= 11 is 0. The van der Waals surface area contributed by atoms with Crippen LogP contribution in [0.15, 0.2) is 23.1 Å². The van der Waals surface area contributed by atoms with Gasteiger partial charge in [0.15, 0.2) is 0 Å². The molecule has 2 fully saturated rings. The average molecular weight is 452 g/mol. The van der Waals surface area contributed by atoms with Gasteiger partial charge in [0.05, 0.1) is 11.5 Å². The number of benzene rings is 1. The van der Waals surface area contributed by atoms with Crippen LogP contribution in [0.2, 0.25) is 0 Å². The van der Waals surface area contributed by atoms with Crippen LogP contribution in [0, 0.1) is 19.8 Å². The number of carbonyl (C=O) groups excluding carboxylic acids is 2. The third-order valence-electron chi connectivity index (χ3n) is 6.14. The fraction of sp³-hybridized carbons (Fsp3) is 0.636. The van der Waals surface area contributed by atoms with Crippen LogP contribution in [0.4, 0.5) is 4.79 Å². The molecule has 2 aliphatic rings. The van der Waals surface area contributed by atoms with Gasteiger partial charge in [-0.1, -0.05) is 17.7 Å². The van der Waals surface area contributed by atoms with E-state index in [-0.39, 0.29) is 24.0 Å². The summed E-state index contributed by atoms with van der Waals surface area (Å²) in [7, 11) is -3.55. The Balaban J connectivity index is 1.49. The summed E-state index contributed by atoms with van der Waals surface area (Å²) in [6, 6.07) is 5.39. The van der Waals surface area contributed by atoms with Crippen LogP contribution in [0.5, 0.6) is 0 Å². The van der Waals surface area contributed by atoms with Gasteiger partial charge in [0.1, 0.15) is 0 Å². The fourth-order valence-electron chi connectivity index (χ4n) is 4.33. The molecular formula is C22H33N3O5S. The Hall–Kier alpha value is -2.13. The second kappa shape index (κ2) is 9.99. The predicted molar refractivity (Wildman–Crippen MR) is 117 cm³/mol. The number of rotatable bonds is 5. The van der Waals surface area contributed by atoms with E-state index >= 15 is 0 Å². The van der Waals surface area contributed by atoms with Crippen molar-refractivity contribution < 1.29 is 22.7 Å². The first-order valence-electron chi connectivity index (χ1n) is 11.0. The number of hydrogen-bond acceptors (Lipinski definition) is 5. The standard InChI is InChI=1S/C22H33N3O5S/c1-4-30-22(27)24-11-9-19(10-12-24)23-21(26)18-7-13-25(14-8-18)31(28,29)20-6-5-16(2)15-17(20)3/h5-6,15,18-19H,4,7-14H2,1-3H3,(H,23,26). The normalized spacial score (nSPS) is 19.3. The molecule has 0 aromatic heterocycles. The van der Waals surface area contributed by atoms with Gasteiger partial charge in [0.2, 0.25) is 15.9 Å². The molecule has 1 aromatic carbocycles. The molecule has 172 valence electrons. The molecule has 1 aromatic rings. The van der Waals surface area contributed by atoms with E-state index in [4.69, 9.17) is 4.74 Å². The van der Waals surface area contributed by atoms with Crippen molar-refractivity contribution in [1.29, 1.82) is 0 Å². The highest BCUT2D eigenvalue weighted by Crippen LogP contribution is 2.26. The molecule has 0 spiro atoms. The molecule has 2 heterocycles. The van der Waals surface area contributed by atoms with Crippen LogP contribution in [-0.4, -0.2) is 68.5 Å². The lowest BCUT2D eigenvalue weighted by Crippen LogP contribution is -2.49. The highest BCUT2D eigenvalue weighted by atomic mass is 32.2. The van der Waals surface area contributed by atoms with Crippen molar-refractivity contribution in [3.8, 4) is 0 Å². The van der Waals surface area contributed by atoms with Crippen molar-refractivity contribution in [2.75, 3.05) is 32.8 Å². The summed E-state index contributed by atoms with van der Waals surface area (Å²) in [5.41, 5.74) is 1.77. The number of nitrogens with one attached hydrogen (secondary N) is 1. The minimum Gasteiger partial charge on any atom is -0.450 e. The van der Waals surface area contributed by atoms with Gasteiger partial charge in [-0.15, -0.1) is 0 Å². The molecule has 0 atom stereocenters. The number of hydrogen-bond donors (Lipinski definition) is 1. The van der Waals surface area contributed by atoms with E-state index in [0.29, 0.717) is 63.4 Å². The van der Waals surface area contributed by atoms with Gasteiger partial charge in [0.25, 0.3) is 0 Å². The summed E-state index contributed by atoms with van der Waals surface area (Å²) in [6.07, 6.45) is 2.12. The van der Waals surface area contributed by atoms with E-state index in [9.17, 15) is 18.0 Å². The average Bonchev–Trinajstić information content (AvgIpc) is 2.74. The van der Waals surface area contributed by atoms with Gasteiger partial charge < -0.3 is 15.0 Å². The lowest BCUT2D eigenvalue weighted by Gasteiger charge is -2.34. The maximum Gasteiger partial charge on any atom is 0.409 e. The zero-order chi connectivity index (χ0) is 22.6. The minimum atomic E-state index is -3.55. The van der Waals surface area contributed by atoms with E-state index in [1.165, 1.54) is 4.31 Å². The SMILES string of the molecule is CCOC(=O)N1CCC(NC(=O)C2CCN(S(=O)(=O)c3ccc(C)cc3C)CC2)CC1. The first-order chi connectivity index (χ1) is 14.7. The maximum atomic E-state index is 13.0. The fourth-order valence-corrected chi connectivity index (χ4v) is 6.00. The Morgan fingerprint density at radius 2 is 1.71 bits per heavy atom. The minimum absolute atomic E-state index is 0.0156. The zero-order valence-electron chi connectivity index (χ0n) is 18.6. The second-order valence-electron chi connectivity index (χ2n) is 8.42. The molecule has 3 rings (SSSR count). The molecule has 2 aliphatic heterocycles. The number of aryl methyl sites for hydroxylation is 2. The summed E-state index contributed by atoms with van der Waals surface area (Å²) in [6.45, 7) is 7.70. The third-order valence-corrected chi connectivity index (χ3v) is 8.20. The molecule has 9 heteroatoms. The summed E-state index contributed by atoms with van der Waals surface area (Å²) in [5.74, 6) is -0.202. The van der Waals surface area contributed by atoms with Crippen LogP contribution in [0.1, 0.15) is 43.7 Å². The largest absolute Gasteiger partial charge is 0.450 e. The van der Waals surface area contributed by atoms with Crippen molar-refractivity contribution in [3.63, 3.8) is 0 Å². The lowest BCUT2D eigenvalue weighted by atomic mass is 9.96. The van der Waals surface area contributed by atoms with Gasteiger partial charge in [-0.3, -0.25) is 4.79 Å². The van der Waals surface area contributed by atoms with E-state index in [0.717, 1.165) is 11.1 Å². The maximum absolute atomic E-state index is 13.0. The number of carbonyl (C=O) groups is 2. The molecule has 8 nitrogen and oxygen atoms in total. The predicted octanol–water partition coefficient (Wildman–Crippen LogP) is 2.44. The van der Waals surface area contributed by atoms with Crippen molar-refractivity contribution in [1.82, 2.24) is 14.5 Å². The molecule has 2 saturated heterocycles. The monoisotopic (exact) mass is 451 g/mol. The zero-order valence-corrected chi connectivity index (χ0v) is 19.4. The topological polar surface area (TPSA) is 96.0 Å². The Bertz CT molecular complexity index is 902. The van der Waals surface area contributed by atoms with Crippen LogP contribution in [-0.2, 0) is 19.6 Å². The van der Waals surface area contributed by atoms with E-state index in [1.54, 1.807) is 17.9 Å². The van der Waals surface area contributed by atoms with Gasteiger partial charge in [-0.05, 0) is 58.1 Å². The van der Waals surface area contributed by atoms with Crippen molar-refractivity contribution in [2.45, 2.75) is 57.4 Å². The molecule has 1 N–H and O–H groups in total. The van der Waals surface area contributed by atoms with Gasteiger partial charge in [-0.25, -0.2) is 13.2 Å². The third kappa shape index (κ3) is 5.57. The van der Waals surface area contributed by atoms with Crippen molar-refractivity contribution in [2.24, 2.45) is 5.92 Å². The number of sulfonamides is 1. The molecule has 0 radical (unpaired) electrons. The smallest absolute Gasteiger partial charge is 0.409 e. The number of ether oxygens (including phenoxy) is 1. The summed E-state index contributed by atoms with van der Waals surface area (Å²) in [4.78, 5) is 26.5. The number of likely N-dealkylation sites (tertiary alicyclic amines) is 1. The Morgan fingerprint density at radius 3 is 2.29 bits per heavy atom. The van der Waals surface area contributed by atoms with Gasteiger partial charge in [0, 0.05) is 38.1 Å². The number of nitrogens with zero attached hydrogens (tertiary/aromatic N) is 2. The van der Waals surface area contributed by atoms with Crippen LogP contribution in [0.25, 0.3) is 0 Å². The lowest BCUT2D eigenvalue weighted by molar-refractivity contribution is -0.127. The molecule has 0 aliphatic carbocycles. The molecule has 0 saturated carbocycles. The molecule has 0 unspecified atom stereocenters. The molecular weight excluding hydrogens is 418 g/mol. The van der Waals surface area contributed by atoms with E-state index < -0.39 is 10.0 Å². The first kappa shape index (κ1) is 23.5. The summed E-state index contributed by atoms with van der Waals surface area (Å²) < 4.78 is 32.6. The molecule has 0 bridgehead atoms. The summed E-state index contributed by atoms with van der Waals surface area (Å²) in [5, 5.41) is 3.09. The van der Waals surface area contributed by atoms with Crippen LogP contribution < -0.4 is 5.32 Å².